The summed E-state index contributed by atoms with van der Waals surface area (Å²) in [6.45, 7) is 8.26. The van der Waals surface area contributed by atoms with Crippen LogP contribution in [0.15, 0.2) is 46.0 Å². The number of amides is 1. The Morgan fingerprint density at radius 1 is 1.17 bits per heavy atom. The van der Waals surface area contributed by atoms with Gasteiger partial charge in [0, 0.05) is 17.1 Å². The SMILES string of the molecule is CCCCC1=NN2C(=N)C(=Cc3cc(C)n(-c4ccc(C)cc4)c3C)C(=O)N=C2S1. The molecule has 0 radical (unpaired) electrons. The number of benzene rings is 1. The molecule has 0 bridgehead atoms. The van der Waals surface area contributed by atoms with Crippen molar-refractivity contribution in [2.45, 2.75) is 47.0 Å². The van der Waals surface area contributed by atoms with Gasteiger partial charge in [0.05, 0.1) is 5.57 Å². The van der Waals surface area contributed by atoms with Crippen molar-refractivity contribution in [1.29, 1.82) is 5.41 Å². The van der Waals surface area contributed by atoms with Crippen molar-refractivity contribution < 1.29 is 4.79 Å². The highest BCUT2D eigenvalue weighted by Gasteiger charge is 2.35. The summed E-state index contributed by atoms with van der Waals surface area (Å²) in [5.74, 6) is -0.296. The van der Waals surface area contributed by atoms with E-state index in [1.54, 1.807) is 6.08 Å². The van der Waals surface area contributed by atoms with E-state index in [0.717, 1.165) is 46.9 Å². The first kappa shape index (κ1) is 20.3. The Morgan fingerprint density at radius 2 is 1.90 bits per heavy atom. The number of aryl methyl sites for hydroxylation is 2. The number of hydrazone groups is 1. The van der Waals surface area contributed by atoms with Gasteiger partial charge < -0.3 is 4.57 Å². The van der Waals surface area contributed by atoms with Crippen LogP contribution in [0.1, 0.15) is 48.7 Å². The molecular formula is C23H25N5OS. The summed E-state index contributed by atoms with van der Waals surface area (Å²) in [7, 11) is 0. The molecule has 154 valence electrons. The average molecular weight is 420 g/mol. The molecule has 1 N–H and O–H groups in total. The number of hydrogen-bond acceptors (Lipinski definition) is 4. The summed E-state index contributed by atoms with van der Waals surface area (Å²) < 4.78 is 2.16. The number of carbonyl (C=O) groups is 1. The predicted molar refractivity (Wildman–Crippen MR) is 125 cm³/mol. The fourth-order valence-electron chi connectivity index (χ4n) is 3.64. The number of rotatable bonds is 5. The van der Waals surface area contributed by atoms with Crippen molar-refractivity contribution >= 4 is 39.8 Å². The summed E-state index contributed by atoms with van der Waals surface area (Å²) in [5.41, 5.74) is 5.54. The Morgan fingerprint density at radius 3 is 2.60 bits per heavy atom. The number of nitrogens with zero attached hydrogens (tertiary/aromatic N) is 4. The number of aliphatic imine (C=N–C) groups is 1. The maximum absolute atomic E-state index is 12.7. The van der Waals surface area contributed by atoms with Gasteiger partial charge in [-0.15, -0.1) is 0 Å². The lowest BCUT2D eigenvalue weighted by molar-refractivity contribution is -0.114. The van der Waals surface area contributed by atoms with Crippen LogP contribution in [0.2, 0.25) is 0 Å². The van der Waals surface area contributed by atoms with Gasteiger partial charge in [0.15, 0.2) is 5.84 Å². The number of amidine groups is 2. The van der Waals surface area contributed by atoms with Crippen LogP contribution >= 0.6 is 11.8 Å². The van der Waals surface area contributed by atoms with E-state index < -0.39 is 0 Å². The quantitative estimate of drug-likeness (QED) is 0.676. The van der Waals surface area contributed by atoms with Crippen molar-refractivity contribution in [3.8, 4) is 5.69 Å². The molecule has 2 aliphatic heterocycles. The van der Waals surface area contributed by atoms with Crippen molar-refractivity contribution in [3.05, 3.63) is 58.4 Å². The zero-order chi connectivity index (χ0) is 21.4. The third-order valence-corrected chi connectivity index (χ3v) is 6.27. The molecule has 1 aromatic heterocycles. The molecular weight excluding hydrogens is 394 g/mol. The molecule has 2 aromatic rings. The largest absolute Gasteiger partial charge is 0.318 e. The Kier molecular flexibility index (Phi) is 5.47. The number of unbranched alkanes of at least 4 members (excludes halogenated alkanes) is 1. The number of carbonyl (C=O) groups excluding carboxylic acids is 1. The maximum Gasteiger partial charge on any atom is 0.283 e. The third kappa shape index (κ3) is 3.65. The van der Waals surface area contributed by atoms with Crippen molar-refractivity contribution in [3.63, 3.8) is 0 Å². The lowest BCUT2D eigenvalue weighted by Gasteiger charge is -2.20. The predicted octanol–water partition coefficient (Wildman–Crippen LogP) is 5.21. The smallest absolute Gasteiger partial charge is 0.283 e. The fraction of sp³-hybridized carbons (Fsp3) is 0.304. The first-order valence-corrected chi connectivity index (χ1v) is 11.0. The van der Waals surface area contributed by atoms with Crippen LogP contribution < -0.4 is 0 Å². The number of nitrogens with one attached hydrogen (secondary N) is 1. The van der Waals surface area contributed by atoms with Gasteiger partial charge in [-0.1, -0.05) is 31.0 Å². The number of aromatic nitrogens is 1. The monoisotopic (exact) mass is 419 g/mol. The van der Waals surface area contributed by atoms with Crippen LogP contribution in [0.4, 0.5) is 0 Å². The Labute approximate surface area is 180 Å². The van der Waals surface area contributed by atoms with E-state index in [2.05, 4.69) is 52.8 Å². The molecule has 0 atom stereocenters. The lowest BCUT2D eigenvalue weighted by atomic mass is 10.1. The second kappa shape index (κ2) is 8.07. The molecule has 0 aliphatic carbocycles. The Balaban J connectivity index is 1.68. The molecule has 0 spiro atoms. The topological polar surface area (TPSA) is 73.8 Å². The minimum Gasteiger partial charge on any atom is -0.318 e. The first-order valence-electron chi connectivity index (χ1n) is 10.1. The molecule has 6 nitrogen and oxygen atoms in total. The van der Waals surface area contributed by atoms with Gasteiger partial charge in [-0.25, -0.2) is 0 Å². The fourth-order valence-corrected chi connectivity index (χ4v) is 4.57. The molecule has 1 aromatic carbocycles. The normalized spacial score (nSPS) is 17.5. The zero-order valence-corrected chi connectivity index (χ0v) is 18.5. The van der Waals surface area contributed by atoms with Crippen LogP contribution in [0.25, 0.3) is 11.8 Å². The average Bonchev–Trinajstić information content (AvgIpc) is 3.24. The Bertz CT molecular complexity index is 1120. The molecule has 0 saturated carbocycles. The molecule has 0 unspecified atom stereocenters. The molecule has 2 aliphatic rings. The minimum atomic E-state index is -0.383. The second-order valence-electron chi connectivity index (χ2n) is 7.61. The Hall–Kier alpha value is -2.93. The molecule has 4 rings (SSSR count). The van der Waals surface area contributed by atoms with Gasteiger partial charge in [0.1, 0.15) is 5.04 Å². The van der Waals surface area contributed by atoms with Crippen LogP contribution in [0, 0.1) is 26.2 Å². The molecule has 0 saturated heterocycles. The lowest BCUT2D eigenvalue weighted by Crippen LogP contribution is -2.35. The maximum atomic E-state index is 12.7. The third-order valence-electron chi connectivity index (χ3n) is 5.30. The highest BCUT2D eigenvalue weighted by Crippen LogP contribution is 2.31. The van der Waals surface area contributed by atoms with E-state index in [9.17, 15) is 4.79 Å². The number of fused-ring (bicyclic) bond motifs is 1. The van der Waals surface area contributed by atoms with Crippen molar-refractivity contribution in [2.75, 3.05) is 0 Å². The second-order valence-corrected chi connectivity index (χ2v) is 8.66. The van der Waals surface area contributed by atoms with E-state index in [-0.39, 0.29) is 17.3 Å². The van der Waals surface area contributed by atoms with Gasteiger partial charge in [-0.3, -0.25) is 10.2 Å². The van der Waals surface area contributed by atoms with Gasteiger partial charge in [-0.05, 0) is 75.2 Å². The van der Waals surface area contributed by atoms with E-state index >= 15 is 0 Å². The van der Waals surface area contributed by atoms with Crippen LogP contribution in [0.3, 0.4) is 0 Å². The van der Waals surface area contributed by atoms with Gasteiger partial charge in [0.25, 0.3) is 5.91 Å². The summed E-state index contributed by atoms with van der Waals surface area (Å²) >= 11 is 1.39. The minimum absolute atomic E-state index is 0.0872. The molecule has 0 fully saturated rings. The van der Waals surface area contributed by atoms with Crippen LogP contribution in [-0.4, -0.2) is 31.5 Å². The summed E-state index contributed by atoms with van der Waals surface area (Å²) in [6, 6.07) is 10.4. The van der Waals surface area contributed by atoms with Gasteiger partial charge in [-0.2, -0.15) is 15.1 Å². The van der Waals surface area contributed by atoms with Gasteiger partial charge in [0.2, 0.25) is 5.17 Å². The summed E-state index contributed by atoms with van der Waals surface area (Å²) in [5, 5.41) is 16.0. The zero-order valence-electron chi connectivity index (χ0n) is 17.7. The van der Waals surface area contributed by atoms with Crippen molar-refractivity contribution in [1.82, 2.24) is 9.58 Å². The van der Waals surface area contributed by atoms with E-state index in [4.69, 9.17) is 5.41 Å². The highest BCUT2D eigenvalue weighted by molar-refractivity contribution is 8.26. The van der Waals surface area contributed by atoms with E-state index in [0.29, 0.717) is 5.17 Å². The van der Waals surface area contributed by atoms with Crippen LogP contribution in [-0.2, 0) is 4.79 Å². The number of hydrogen-bond donors (Lipinski definition) is 1. The summed E-state index contributed by atoms with van der Waals surface area (Å²) in [4.78, 5) is 16.9. The standard InChI is InChI=1S/C23H25N5OS/c1-5-6-7-20-26-28-21(24)19(22(29)25-23(28)30-20)13-17-12-15(3)27(16(17)4)18-10-8-14(2)9-11-18/h8-13,24H,5-7H2,1-4H3. The van der Waals surface area contributed by atoms with Crippen molar-refractivity contribution in [2.24, 2.45) is 10.1 Å². The van der Waals surface area contributed by atoms with E-state index in [1.807, 2.05) is 19.9 Å². The molecule has 7 heteroatoms. The van der Waals surface area contributed by atoms with E-state index in [1.165, 1.54) is 22.3 Å². The first-order chi connectivity index (χ1) is 14.4. The summed E-state index contributed by atoms with van der Waals surface area (Å²) in [6.07, 6.45) is 4.71. The number of thioether (sulfide) groups is 1. The highest BCUT2D eigenvalue weighted by atomic mass is 32.2. The molecule has 3 heterocycles. The van der Waals surface area contributed by atoms with Crippen LogP contribution in [0.5, 0.6) is 0 Å². The molecule has 30 heavy (non-hydrogen) atoms. The van der Waals surface area contributed by atoms with Gasteiger partial charge >= 0.3 is 0 Å². The molecule has 1 amide bonds.